The largest absolute Gasteiger partial charge is 0.481 e. The van der Waals surface area contributed by atoms with E-state index in [0.29, 0.717) is 6.54 Å². The van der Waals surface area contributed by atoms with Crippen LogP contribution < -0.4 is 5.32 Å². The Balaban J connectivity index is 2.80. The summed E-state index contributed by atoms with van der Waals surface area (Å²) in [5, 5.41) is 11.6. The number of hydrogen-bond donors (Lipinski definition) is 2. The molecule has 2 N–H and O–H groups in total. The molecular weight excluding hydrogens is 218 g/mol. The van der Waals surface area contributed by atoms with E-state index in [-0.39, 0.29) is 12.3 Å². The molecule has 92 valence electrons. The summed E-state index contributed by atoms with van der Waals surface area (Å²) in [5.74, 6) is -1.80. The summed E-state index contributed by atoms with van der Waals surface area (Å²) in [6.07, 6.45) is 0.653. The first kappa shape index (κ1) is 13.2. The summed E-state index contributed by atoms with van der Waals surface area (Å²) in [5.41, 5.74) is 0.739. The Labute approximate surface area is 101 Å². The Bertz CT molecular complexity index is 376. The van der Waals surface area contributed by atoms with Crippen LogP contribution in [0.3, 0.4) is 0 Å². The Morgan fingerprint density at radius 1 is 1.29 bits per heavy atom. The van der Waals surface area contributed by atoms with Gasteiger partial charge in [-0.1, -0.05) is 37.3 Å². The molecule has 0 aliphatic rings. The van der Waals surface area contributed by atoms with Crippen LogP contribution >= 0.6 is 0 Å². The Morgan fingerprint density at radius 3 is 2.47 bits per heavy atom. The Kier molecular flexibility index (Phi) is 5.20. The lowest BCUT2D eigenvalue weighted by Crippen LogP contribution is -2.31. The summed E-state index contributed by atoms with van der Waals surface area (Å²) >= 11 is 0. The van der Waals surface area contributed by atoms with Gasteiger partial charge in [0.2, 0.25) is 5.91 Å². The second-order valence-electron chi connectivity index (χ2n) is 3.85. The monoisotopic (exact) mass is 235 g/mol. The number of amides is 1. The molecule has 17 heavy (non-hydrogen) atoms. The van der Waals surface area contributed by atoms with Crippen molar-refractivity contribution in [2.24, 2.45) is 0 Å². The third-order valence-electron chi connectivity index (χ3n) is 2.45. The van der Waals surface area contributed by atoms with Gasteiger partial charge in [-0.2, -0.15) is 0 Å². The fourth-order valence-corrected chi connectivity index (χ4v) is 1.59. The van der Waals surface area contributed by atoms with Gasteiger partial charge in [0.15, 0.2) is 0 Å². The molecule has 0 unspecified atom stereocenters. The third-order valence-corrected chi connectivity index (χ3v) is 2.45. The van der Waals surface area contributed by atoms with Crippen molar-refractivity contribution in [1.29, 1.82) is 0 Å². The molecule has 1 aromatic carbocycles. The molecule has 0 fully saturated rings. The maximum absolute atomic E-state index is 11.9. The lowest BCUT2D eigenvalue weighted by Gasteiger charge is -2.14. The zero-order valence-corrected chi connectivity index (χ0v) is 9.85. The summed E-state index contributed by atoms with van der Waals surface area (Å²) in [4.78, 5) is 22.6. The van der Waals surface area contributed by atoms with Crippen LogP contribution in [0, 0.1) is 0 Å². The summed E-state index contributed by atoms with van der Waals surface area (Å²) in [7, 11) is 0. The van der Waals surface area contributed by atoms with Crippen molar-refractivity contribution in [1.82, 2.24) is 5.32 Å². The van der Waals surface area contributed by atoms with Crippen LogP contribution in [0.15, 0.2) is 30.3 Å². The molecule has 1 rings (SSSR count). The molecule has 4 nitrogen and oxygen atoms in total. The number of benzene rings is 1. The van der Waals surface area contributed by atoms with Gasteiger partial charge in [-0.25, -0.2) is 0 Å². The highest BCUT2D eigenvalue weighted by Gasteiger charge is 2.22. The van der Waals surface area contributed by atoms with Gasteiger partial charge in [0.25, 0.3) is 0 Å². The zero-order chi connectivity index (χ0) is 12.7. The molecule has 0 spiro atoms. The molecule has 1 amide bonds. The van der Waals surface area contributed by atoms with Crippen molar-refractivity contribution < 1.29 is 14.7 Å². The van der Waals surface area contributed by atoms with E-state index in [1.807, 2.05) is 13.0 Å². The molecule has 0 radical (unpaired) electrons. The van der Waals surface area contributed by atoms with E-state index in [1.165, 1.54) is 0 Å². The maximum Gasteiger partial charge on any atom is 0.304 e. The van der Waals surface area contributed by atoms with E-state index in [2.05, 4.69) is 5.32 Å². The van der Waals surface area contributed by atoms with Gasteiger partial charge in [-0.3, -0.25) is 9.59 Å². The van der Waals surface area contributed by atoms with Crippen molar-refractivity contribution >= 4 is 11.9 Å². The van der Waals surface area contributed by atoms with E-state index < -0.39 is 11.9 Å². The van der Waals surface area contributed by atoms with Crippen LogP contribution in [0.2, 0.25) is 0 Å². The number of carboxylic acid groups (broad SMARTS) is 1. The summed E-state index contributed by atoms with van der Waals surface area (Å²) < 4.78 is 0. The number of carbonyl (C=O) groups excluding carboxylic acids is 1. The first-order chi connectivity index (χ1) is 8.15. The molecule has 1 aromatic rings. The van der Waals surface area contributed by atoms with Crippen molar-refractivity contribution in [3.05, 3.63) is 35.9 Å². The number of nitrogens with one attached hydrogen (secondary N) is 1. The molecule has 0 aliphatic carbocycles. The molecule has 0 heterocycles. The lowest BCUT2D eigenvalue weighted by atomic mass is 9.95. The van der Waals surface area contributed by atoms with E-state index in [0.717, 1.165) is 12.0 Å². The van der Waals surface area contributed by atoms with Crippen LogP contribution in [0.1, 0.15) is 31.2 Å². The van der Waals surface area contributed by atoms with Crippen LogP contribution in [0.5, 0.6) is 0 Å². The number of carboxylic acids is 1. The Hall–Kier alpha value is -1.84. The van der Waals surface area contributed by atoms with Crippen molar-refractivity contribution in [2.45, 2.75) is 25.7 Å². The second-order valence-corrected chi connectivity index (χ2v) is 3.85. The average molecular weight is 235 g/mol. The van der Waals surface area contributed by atoms with Gasteiger partial charge in [0.1, 0.15) is 0 Å². The minimum absolute atomic E-state index is 0.181. The highest BCUT2D eigenvalue weighted by atomic mass is 16.4. The highest BCUT2D eigenvalue weighted by molar-refractivity contribution is 5.87. The molecule has 0 bridgehead atoms. The summed E-state index contributed by atoms with van der Waals surface area (Å²) in [6.45, 7) is 2.52. The number of rotatable bonds is 6. The molecule has 0 saturated heterocycles. The first-order valence-corrected chi connectivity index (χ1v) is 5.69. The van der Waals surface area contributed by atoms with Gasteiger partial charge in [-0.15, -0.1) is 0 Å². The van der Waals surface area contributed by atoms with E-state index in [1.54, 1.807) is 24.3 Å². The topological polar surface area (TPSA) is 66.4 Å². The van der Waals surface area contributed by atoms with Gasteiger partial charge in [0, 0.05) is 6.54 Å². The predicted octanol–water partition coefficient (Wildman–Crippen LogP) is 1.77. The fourth-order valence-electron chi connectivity index (χ4n) is 1.59. The quantitative estimate of drug-likeness (QED) is 0.789. The predicted molar refractivity (Wildman–Crippen MR) is 64.7 cm³/mol. The number of aliphatic carboxylic acids is 1. The van der Waals surface area contributed by atoms with Crippen molar-refractivity contribution in [2.75, 3.05) is 6.54 Å². The van der Waals surface area contributed by atoms with Crippen molar-refractivity contribution in [3.63, 3.8) is 0 Å². The van der Waals surface area contributed by atoms with E-state index in [9.17, 15) is 9.59 Å². The second kappa shape index (κ2) is 6.68. The zero-order valence-electron chi connectivity index (χ0n) is 9.85. The maximum atomic E-state index is 11.9. The Morgan fingerprint density at radius 2 is 1.94 bits per heavy atom. The minimum Gasteiger partial charge on any atom is -0.481 e. The summed E-state index contributed by atoms with van der Waals surface area (Å²) in [6, 6.07) is 9.00. The third kappa shape index (κ3) is 4.26. The van der Waals surface area contributed by atoms with Crippen molar-refractivity contribution in [3.8, 4) is 0 Å². The lowest BCUT2D eigenvalue weighted by molar-refractivity contribution is -0.139. The normalized spacial score (nSPS) is 11.8. The van der Waals surface area contributed by atoms with Gasteiger partial charge < -0.3 is 10.4 Å². The molecule has 0 aliphatic heterocycles. The van der Waals surface area contributed by atoms with Gasteiger partial charge >= 0.3 is 5.97 Å². The molecule has 1 atom stereocenters. The average Bonchev–Trinajstić information content (AvgIpc) is 2.34. The van der Waals surface area contributed by atoms with Crippen LogP contribution in [0.4, 0.5) is 0 Å². The van der Waals surface area contributed by atoms with E-state index >= 15 is 0 Å². The number of hydrogen-bond acceptors (Lipinski definition) is 2. The molecule has 0 saturated carbocycles. The first-order valence-electron chi connectivity index (χ1n) is 5.69. The number of carbonyl (C=O) groups is 2. The SMILES string of the molecule is CCCNC(=O)[C@H](CC(=O)O)c1ccccc1. The molecule has 4 heteroatoms. The van der Waals surface area contributed by atoms with E-state index in [4.69, 9.17) is 5.11 Å². The molecule has 0 aromatic heterocycles. The van der Waals surface area contributed by atoms with Gasteiger partial charge in [-0.05, 0) is 12.0 Å². The van der Waals surface area contributed by atoms with Crippen LogP contribution in [-0.4, -0.2) is 23.5 Å². The van der Waals surface area contributed by atoms with Crippen LogP contribution in [0.25, 0.3) is 0 Å². The fraction of sp³-hybridized carbons (Fsp3) is 0.385. The van der Waals surface area contributed by atoms with Crippen LogP contribution in [-0.2, 0) is 9.59 Å². The minimum atomic E-state index is -0.967. The standard InChI is InChI=1S/C13H17NO3/c1-2-8-14-13(17)11(9-12(15)16)10-6-4-3-5-7-10/h3-7,11H,2,8-9H2,1H3,(H,14,17)(H,15,16)/t11-/m1/s1. The highest BCUT2D eigenvalue weighted by Crippen LogP contribution is 2.19. The molecular formula is C13H17NO3. The smallest absolute Gasteiger partial charge is 0.304 e. The van der Waals surface area contributed by atoms with Gasteiger partial charge in [0.05, 0.1) is 12.3 Å².